The van der Waals surface area contributed by atoms with E-state index >= 15 is 0 Å². The molecule has 2 heterocycles. The predicted molar refractivity (Wildman–Crippen MR) is 134 cm³/mol. The molecule has 0 amide bonds. The van der Waals surface area contributed by atoms with Gasteiger partial charge >= 0.3 is 0 Å². The number of hydrogen-bond acceptors (Lipinski definition) is 4. The molecule has 5 N–H and O–H groups in total. The van der Waals surface area contributed by atoms with Gasteiger partial charge in [-0.25, -0.2) is 4.90 Å². The maximum absolute atomic E-state index is 6.42. The van der Waals surface area contributed by atoms with E-state index in [9.17, 15) is 0 Å². The number of nitrogens with zero attached hydrogens (tertiary/aromatic N) is 1. The van der Waals surface area contributed by atoms with Crippen molar-refractivity contribution in [1.29, 1.82) is 0 Å². The van der Waals surface area contributed by atoms with Crippen LogP contribution in [-0.4, -0.2) is 50.2 Å². The summed E-state index contributed by atoms with van der Waals surface area (Å²) >= 11 is 0. The zero-order chi connectivity index (χ0) is 23.1. The van der Waals surface area contributed by atoms with Gasteiger partial charge in [-0.1, -0.05) is 44.1 Å². The number of rotatable bonds is 6. The Kier molecular flexibility index (Phi) is 7.24. The molecular weight excluding hydrogens is 394 g/mol. The Hall–Kier alpha value is -0.720. The van der Waals surface area contributed by atoms with E-state index in [4.69, 9.17) is 5.73 Å². The van der Waals surface area contributed by atoms with Crippen LogP contribution in [0.25, 0.3) is 0 Å². The zero-order valence-electron chi connectivity index (χ0n) is 21.6. The molecule has 32 heavy (non-hydrogen) atoms. The van der Waals surface area contributed by atoms with Crippen molar-refractivity contribution in [2.45, 2.75) is 97.9 Å². The van der Waals surface area contributed by atoms with Crippen LogP contribution in [0.2, 0.25) is 0 Å². The van der Waals surface area contributed by atoms with Gasteiger partial charge in [0.15, 0.2) is 0 Å². The first kappa shape index (κ1) is 24.4. The molecule has 182 valence electrons. The van der Waals surface area contributed by atoms with Crippen molar-refractivity contribution in [3.63, 3.8) is 0 Å². The molecule has 2 saturated heterocycles. The van der Waals surface area contributed by atoms with Gasteiger partial charge in [0.05, 0.1) is 6.54 Å². The lowest BCUT2D eigenvalue weighted by molar-refractivity contribution is -0.918. The van der Waals surface area contributed by atoms with Crippen LogP contribution >= 0.6 is 0 Å². The summed E-state index contributed by atoms with van der Waals surface area (Å²) in [5.41, 5.74) is 10.6. The molecule has 2 aliphatic carbocycles. The fraction of sp³-hybridized carbons (Fsp3) is 0.852. The van der Waals surface area contributed by atoms with Gasteiger partial charge in [-0.15, -0.1) is 0 Å². The van der Waals surface area contributed by atoms with Crippen LogP contribution in [-0.2, 0) is 0 Å². The number of fused-ring (bicyclic) bond motifs is 2. The highest BCUT2D eigenvalue weighted by Crippen LogP contribution is 2.61. The largest absolute Gasteiger partial charge is 0.315 e. The van der Waals surface area contributed by atoms with E-state index in [-0.39, 0.29) is 6.17 Å². The summed E-state index contributed by atoms with van der Waals surface area (Å²) in [7, 11) is 2.22. The Morgan fingerprint density at radius 2 is 2.09 bits per heavy atom. The minimum atomic E-state index is 0.0846. The summed E-state index contributed by atoms with van der Waals surface area (Å²) in [6.07, 6.45) is 14.7. The summed E-state index contributed by atoms with van der Waals surface area (Å²) in [6.45, 7) is 15.5. The molecule has 8 atom stereocenters. The first-order valence-corrected chi connectivity index (χ1v) is 13.3. The molecule has 0 radical (unpaired) electrons. The monoisotopic (exact) mass is 444 g/mol. The quantitative estimate of drug-likeness (QED) is 0.476. The number of allylic oxidation sites excluding steroid dienone is 3. The Morgan fingerprint density at radius 3 is 2.88 bits per heavy atom. The normalized spacial score (nSPS) is 45.3. The van der Waals surface area contributed by atoms with Crippen LogP contribution in [0.15, 0.2) is 23.3 Å². The minimum absolute atomic E-state index is 0.0846. The van der Waals surface area contributed by atoms with E-state index in [1.165, 1.54) is 38.5 Å². The summed E-state index contributed by atoms with van der Waals surface area (Å²) in [4.78, 5) is 4.04. The highest BCUT2D eigenvalue weighted by molar-refractivity contribution is 5.21. The van der Waals surface area contributed by atoms with E-state index in [0.29, 0.717) is 23.0 Å². The molecule has 0 aromatic carbocycles. The SMILES string of the molecule is CC(=CCC[NH+]1CN(C)C2NCNC(N)C21)CC[C@]1(C)[C@@H](C)CC[C@@]2(C)C(C)=CCC[C@@H]12. The van der Waals surface area contributed by atoms with Crippen molar-refractivity contribution >= 4 is 0 Å². The lowest BCUT2D eigenvalue weighted by atomic mass is 9.47. The van der Waals surface area contributed by atoms with E-state index in [1.54, 1.807) is 16.0 Å². The second-order valence-corrected chi connectivity index (χ2v) is 12.1. The Morgan fingerprint density at radius 1 is 1.31 bits per heavy atom. The minimum Gasteiger partial charge on any atom is -0.315 e. The molecular formula is C27H50N5+. The Balaban J connectivity index is 1.34. The van der Waals surface area contributed by atoms with E-state index in [0.717, 1.165) is 38.1 Å². The second kappa shape index (κ2) is 9.50. The van der Waals surface area contributed by atoms with Crippen molar-refractivity contribution in [3.05, 3.63) is 23.3 Å². The Bertz CT molecular complexity index is 732. The number of nitrogens with two attached hydrogens (primary N) is 1. The molecule has 0 aromatic rings. The standard InChI is InChI=1S/C27H49N5/c1-19(9-8-16-32-18-31(6)25-23(32)24(28)29-17-30-25)12-14-26(4)21(3)13-15-27(5)20(2)10-7-11-22(26)27/h9-10,21-25,29-30H,7-8,11-18,28H2,1-6H3/p+1/t21-,22-,23?,24?,25?,26+,27-/m0/s1. The van der Waals surface area contributed by atoms with Gasteiger partial charge in [-0.05, 0) is 82.1 Å². The van der Waals surface area contributed by atoms with E-state index in [1.807, 2.05) is 0 Å². The van der Waals surface area contributed by atoms with E-state index < -0.39 is 0 Å². The van der Waals surface area contributed by atoms with Gasteiger partial charge in [0.25, 0.3) is 0 Å². The fourth-order valence-corrected chi connectivity index (χ4v) is 7.81. The third-order valence-electron chi connectivity index (χ3n) is 10.4. The topological polar surface area (TPSA) is 57.8 Å². The van der Waals surface area contributed by atoms with Gasteiger partial charge in [0, 0.05) is 13.1 Å². The highest BCUT2D eigenvalue weighted by atomic mass is 15.5. The lowest BCUT2D eigenvalue weighted by Gasteiger charge is -2.58. The second-order valence-electron chi connectivity index (χ2n) is 12.1. The molecule has 0 aromatic heterocycles. The smallest absolute Gasteiger partial charge is 0.146 e. The van der Waals surface area contributed by atoms with Gasteiger partial charge in [0.1, 0.15) is 25.0 Å². The van der Waals surface area contributed by atoms with Gasteiger partial charge in [-0.3, -0.25) is 10.6 Å². The third-order valence-corrected chi connectivity index (χ3v) is 10.4. The van der Waals surface area contributed by atoms with Crippen LogP contribution in [0.1, 0.15) is 79.6 Å². The van der Waals surface area contributed by atoms with E-state index in [2.05, 4.69) is 69.4 Å². The van der Waals surface area contributed by atoms with Crippen LogP contribution in [0.4, 0.5) is 0 Å². The molecule has 5 nitrogen and oxygen atoms in total. The highest BCUT2D eigenvalue weighted by Gasteiger charge is 2.52. The fourth-order valence-electron chi connectivity index (χ4n) is 7.81. The number of likely N-dealkylation sites (N-methyl/N-ethyl adjacent to an activating group) is 1. The number of nitrogens with one attached hydrogen (secondary N) is 3. The van der Waals surface area contributed by atoms with Crippen molar-refractivity contribution < 1.29 is 4.90 Å². The van der Waals surface area contributed by atoms with Gasteiger partial charge < -0.3 is 10.6 Å². The molecule has 4 unspecified atom stereocenters. The maximum Gasteiger partial charge on any atom is 0.146 e. The first-order chi connectivity index (χ1) is 15.2. The van der Waals surface area contributed by atoms with Crippen molar-refractivity contribution in [3.8, 4) is 0 Å². The maximum atomic E-state index is 6.42. The molecule has 0 bridgehead atoms. The van der Waals surface area contributed by atoms with Crippen LogP contribution in [0, 0.1) is 22.7 Å². The summed E-state index contributed by atoms with van der Waals surface area (Å²) in [5, 5.41) is 6.98. The molecule has 4 aliphatic rings. The molecule has 4 rings (SSSR count). The number of hydrogen-bond donors (Lipinski definition) is 4. The first-order valence-electron chi connectivity index (χ1n) is 13.3. The number of quaternary nitrogens is 1. The average molecular weight is 445 g/mol. The summed E-state index contributed by atoms with van der Waals surface area (Å²) in [5.74, 6) is 1.67. The summed E-state index contributed by atoms with van der Waals surface area (Å²) < 4.78 is 0. The van der Waals surface area contributed by atoms with Crippen LogP contribution in [0.5, 0.6) is 0 Å². The van der Waals surface area contributed by atoms with Crippen LogP contribution < -0.4 is 21.3 Å². The average Bonchev–Trinajstić information content (AvgIpc) is 3.08. The third kappa shape index (κ3) is 4.36. The van der Waals surface area contributed by atoms with Gasteiger partial charge in [0.2, 0.25) is 0 Å². The van der Waals surface area contributed by atoms with Gasteiger partial charge in [-0.2, -0.15) is 0 Å². The molecule has 5 heteroatoms. The molecule has 1 saturated carbocycles. The molecule has 0 spiro atoms. The lowest BCUT2D eigenvalue weighted by Crippen LogP contribution is -3.17. The van der Waals surface area contributed by atoms with Crippen LogP contribution in [0.3, 0.4) is 0 Å². The van der Waals surface area contributed by atoms with Crippen molar-refractivity contribution in [1.82, 2.24) is 15.5 Å². The molecule has 3 fully saturated rings. The van der Waals surface area contributed by atoms with Crippen molar-refractivity contribution in [2.24, 2.45) is 28.4 Å². The molecule has 2 aliphatic heterocycles. The predicted octanol–water partition coefficient (Wildman–Crippen LogP) is 2.82. The van der Waals surface area contributed by atoms with Crippen molar-refractivity contribution in [2.75, 3.05) is 26.9 Å². The Labute approximate surface area is 197 Å². The zero-order valence-corrected chi connectivity index (χ0v) is 21.6. The summed E-state index contributed by atoms with van der Waals surface area (Å²) in [6, 6.07) is 0.435.